The van der Waals surface area contributed by atoms with Crippen molar-refractivity contribution < 1.29 is 9.90 Å². The fourth-order valence-electron chi connectivity index (χ4n) is 2.74. The minimum atomic E-state index is -1.17. The number of aliphatic carboxylic acids is 1. The van der Waals surface area contributed by atoms with Gasteiger partial charge >= 0.3 is 0 Å². The summed E-state index contributed by atoms with van der Waals surface area (Å²) >= 11 is 2.58. The molecule has 0 spiro atoms. The molecule has 22 heavy (non-hydrogen) atoms. The summed E-state index contributed by atoms with van der Waals surface area (Å²) in [5.74, 6) is -1.39. The van der Waals surface area contributed by atoms with Crippen LogP contribution in [0.5, 0.6) is 0 Å². The molecule has 116 valence electrons. The molecule has 0 unspecified atom stereocenters. The number of hydrogen-bond donors (Lipinski definition) is 0. The third-order valence-electron chi connectivity index (χ3n) is 3.67. The number of carboxylic acids is 1. The molecule has 1 aliphatic carbocycles. The molecule has 0 aromatic carbocycles. The molecule has 0 aliphatic heterocycles. The minimum absolute atomic E-state index is 0.0925. The molecule has 0 atom stereocenters. The zero-order valence-electron chi connectivity index (χ0n) is 12.0. The molecule has 0 amide bonds. The Labute approximate surface area is 135 Å². The van der Waals surface area contributed by atoms with Gasteiger partial charge in [0, 0.05) is 17.2 Å². The minimum Gasteiger partial charge on any atom is -0.549 e. The summed E-state index contributed by atoms with van der Waals surface area (Å²) in [7, 11) is 0. The third kappa shape index (κ3) is 2.70. The topological polar surface area (TPSA) is 75.0 Å². The van der Waals surface area contributed by atoms with Crippen molar-refractivity contribution >= 4 is 39.3 Å². The van der Waals surface area contributed by atoms with Crippen molar-refractivity contribution in [3.05, 3.63) is 33.4 Å². The van der Waals surface area contributed by atoms with Crippen LogP contribution in [0.4, 0.5) is 0 Å². The van der Waals surface area contributed by atoms with Crippen LogP contribution in [0, 0.1) is 0 Å². The Morgan fingerprint density at radius 1 is 1.45 bits per heavy atom. The Kier molecular flexibility index (Phi) is 4.35. The SMILES string of the molecule is C=CCn1c(SCC(=O)[O-])nc2sc3c(c2c1=O)CCCC3. The number of carboxylic acid groups (broad SMARTS) is 1. The number of aromatic nitrogens is 2. The normalized spacial score (nSPS) is 14.0. The maximum atomic E-state index is 12.8. The van der Waals surface area contributed by atoms with E-state index in [0.717, 1.165) is 47.8 Å². The van der Waals surface area contributed by atoms with Crippen molar-refractivity contribution in [1.29, 1.82) is 0 Å². The number of aryl methyl sites for hydroxylation is 2. The van der Waals surface area contributed by atoms with Gasteiger partial charge < -0.3 is 9.90 Å². The first-order valence-electron chi connectivity index (χ1n) is 7.10. The van der Waals surface area contributed by atoms with E-state index >= 15 is 0 Å². The van der Waals surface area contributed by atoms with E-state index in [2.05, 4.69) is 11.6 Å². The lowest BCUT2D eigenvalue weighted by molar-refractivity contribution is -0.301. The van der Waals surface area contributed by atoms with Gasteiger partial charge in [-0.25, -0.2) is 4.98 Å². The number of rotatable bonds is 5. The van der Waals surface area contributed by atoms with Crippen LogP contribution in [0.15, 0.2) is 22.6 Å². The smallest absolute Gasteiger partial charge is 0.263 e. The molecule has 0 saturated carbocycles. The molecule has 2 aromatic heterocycles. The van der Waals surface area contributed by atoms with E-state index in [1.54, 1.807) is 17.4 Å². The molecule has 2 heterocycles. The predicted octanol–water partition coefficient (Wildman–Crippen LogP) is 1.36. The first kappa shape index (κ1) is 15.3. The van der Waals surface area contributed by atoms with Crippen molar-refractivity contribution in [3.63, 3.8) is 0 Å². The number of thioether (sulfide) groups is 1. The zero-order chi connectivity index (χ0) is 15.7. The lowest BCUT2D eigenvalue weighted by Crippen LogP contribution is -2.27. The second-order valence-electron chi connectivity index (χ2n) is 5.15. The Balaban J connectivity index is 2.18. The quantitative estimate of drug-likeness (QED) is 0.469. The number of carbonyl (C=O) groups is 1. The van der Waals surface area contributed by atoms with Gasteiger partial charge in [0.1, 0.15) is 4.83 Å². The Bertz CT molecular complexity index is 807. The van der Waals surface area contributed by atoms with E-state index in [9.17, 15) is 14.7 Å². The molecular formula is C15H15N2O3S2-. The molecule has 5 nitrogen and oxygen atoms in total. The summed E-state index contributed by atoms with van der Waals surface area (Å²) in [6.07, 6.45) is 5.79. The van der Waals surface area contributed by atoms with Crippen LogP contribution in [0.1, 0.15) is 23.3 Å². The molecule has 0 saturated heterocycles. The molecule has 3 rings (SSSR count). The summed E-state index contributed by atoms with van der Waals surface area (Å²) in [6.45, 7) is 3.99. The number of fused-ring (bicyclic) bond motifs is 3. The molecule has 1 aliphatic rings. The van der Waals surface area contributed by atoms with Crippen molar-refractivity contribution in [2.75, 3.05) is 5.75 Å². The van der Waals surface area contributed by atoms with E-state index in [1.807, 2.05) is 0 Å². The molecule has 0 fully saturated rings. The first-order valence-corrected chi connectivity index (χ1v) is 8.90. The van der Waals surface area contributed by atoms with Crippen LogP contribution in [-0.4, -0.2) is 21.3 Å². The highest BCUT2D eigenvalue weighted by molar-refractivity contribution is 7.99. The predicted molar refractivity (Wildman–Crippen MR) is 86.5 cm³/mol. The second kappa shape index (κ2) is 6.26. The van der Waals surface area contributed by atoms with Crippen LogP contribution in [0.3, 0.4) is 0 Å². The summed E-state index contributed by atoms with van der Waals surface area (Å²) < 4.78 is 1.50. The van der Waals surface area contributed by atoms with Crippen LogP contribution in [0.2, 0.25) is 0 Å². The monoisotopic (exact) mass is 335 g/mol. The zero-order valence-corrected chi connectivity index (χ0v) is 13.6. The van der Waals surface area contributed by atoms with Gasteiger partial charge in [-0.15, -0.1) is 17.9 Å². The molecule has 0 bridgehead atoms. The fourth-order valence-corrected chi connectivity index (χ4v) is 4.77. The molecular weight excluding hydrogens is 320 g/mol. The van der Waals surface area contributed by atoms with E-state index in [1.165, 1.54) is 9.44 Å². The standard InChI is InChI=1S/C15H16N2O3S2/c1-2-7-17-14(20)12-9-5-3-4-6-10(9)22-13(12)16-15(17)21-8-11(18)19/h2H,1,3-8H2,(H,18,19)/p-1. The summed E-state index contributed by atoms with van der Waals surface area (Å²) in [5, 5.41) is 11.8. The van der Waals surface area contributed by atoms with Gasteiger partial charge in [-0.1, -0.05) is 17.8 Å². The van der Waals surface area contributed by atoms with Crippen molar-refractivity contribution in [1.82, 2.24) is 9.55 Å². The van der Waals surface area contributed by atoms with Crippen LogP contribution >= 0.6 is 23.1 Å². The summed E-state index contributed by atoms with van der Waals surface area (Å²) in [6, 6.07) is 0. The van der Waals surface area contributed by atoms with E-state index in [4.69, 9.17) is 0 Å². The number of carbonyl (C=O) groups excluding carboxylic acids is 1. The van der Waals surface area contributed by atoms with Gasteiger partial charge in [-0.2, -0.15) is 0 Å². The highest BCUT2D eigenvalue weighted by Crippen LogP contribution is 2.34. The average molecular weight is 335 g/mol. The number of allylic oxidation sites excluding steroid dienone is 1. The third-order valence-corrected chi connectivity index (χ3v) is 5.81. The van der Waals surface area contributed by atoms with E-state index in [0.29, 0.717) is 17.1 Å². The Morgan fingerprint density at radius 2 is 2.23 bits per heavy atom. The molecule has 2 aromatic rings. The van der Waals surface area contributed by atoms with Gasteiger partial charge in [0.2, 0.25) is 0 Å². The van der Waals surface area contributed by atoms with Crippen molar-refractivity contribution in [2.24, 2.45) is 0 Å². The lowest BCUT2D eigenvalue weighted by Gasteiger charge is -2.12. The van der Waals surface area contributed by atoms with Crippen molar-refractivity contribution in [2.45, 2.75) is 37.4 Å². The summed E-state index contributed by atoms with van der Waals surface area (Å²) in [4.78, 5) is 30.0. The average Bonchev–Trinajstić information content (AvgIpc) is 2.86. The molecule has 7 heteroatoms. The number of hydrogen-bond acceptors (Lipinski definition) is 6. The number of thiophene rings is 1. The largest absolute Gasteiger partial charge is 0.549 e. The molecule has 0 N–H and O–H groups in total. The maximum Gasteiger partial charge on any atom is 0.263 e. The Morgan fingerprint density at radius 3 is 2.95 bits per heavy atom. The number of nitrogens with zero attached hydrogens (tertiary/aromatic N) is 2. The van der Waals surface area contributed by atoms with Gasteiger partial charge in [0.15, 0.2) is 5.16 Å². The first-order chi connectivity index (χ1) is 10.6. The van der Waals surface area contributed by atoms with E-state index in [-0.39, 0.29) is 11.3 Å². The fraction of sp³-hybridized carbons (Fsp3) is 0.400. The Hall–Kier alpha value is -1.60. The van der Waals surface area contributed by atoms with Crippen LogP contribution in [-0.2, 0) is 24.2 Å². The van der Waals surface area contributed by atoms with Gasteiger partial charge in [0.05, 0.1) is 11.4 Å². The van der Waals surface area contributed by atoms with Gasteiger partial charge in [0.25, 0.3) is 5.56 Å². The van der Waals surface area contributed by atoms with Crippen molar-refractivity contribution in [3.8, 4) is 0 Å². The molecule has 0 radical (unpaired) electrons. The highest BCUT2D eigenvalue weighted by Gasteiger charge is 2.21. The van der Waals surface area contributed by atoms with Gasteiger partial charge in [-0.3, -0.25) is 9.36 Å². The lowest BCUT2D eigenvalue weighted by atomic mass is 9.97. The second-order valence-corrected chi connectivity index (χ2v) is 7.18. The summed E-state index contributed by atoms with van der Waals surface area (Å²) in [5.41, 5.74) is 1.04. The van der Waals surface area contributed by atoms with Crippen LogP contribution < -0.4 is 10.7 Å². The van der Waals surface area contributed by atoms with Crippen LogP contribution in [0.25, 0.3) is 10.2 Å². The van der Waals surface area contributed by atoms with E-state index < -0.39 is 5.97 Å². The maximum absolute atomic E-state index is 12.8. The highest BCUT2D eigenvalue weighted by atomic mass is 32.2. The van der Waals surface area contributed by atoms with Gasteiger partial charge in [-0.05, 0) is 31.2 Å².